The third-order valence-electron chi connectivity index (χ3n) is 3.09. The molecule has 1 aromatic rings. The average Bonchev–Trinajstić information content (AvgIpc) is 2.80. The van der Waals surface area contributed by atoms with Crippen LogP contribution >= 0.6 is 11.8 Å². The smallest absolute Gasteiger partial charge is 0.387 e. The average molecular weight is 359 g/mol. The number of nitrogens with zero attached hydrogens (tertiary/aromatic N) is 1. The Morgan fingerprint density at radius 3 is 2.62 bits per heavy atom. The second-order valence-corrected chi connectivity index (χ2v) is 5.61. The van der Waals surface area contributed by atoms with Crippen LogP contribution in [-0.4, -0.2) is 50.0 Å². The first-order chi connectivity index (χ1) is 11.5. The zero-order valence-corrected chi connectivity index (χ0v) is 13.8. The van der Waals surface area contributed by atoms with E-state index < -0.39 is 12.5 Å². The SMILES string of the molecule is COCCN1C(=O)S/C(=C\c2ccc(OC(F)F)c(OC)c2)C1=O. The Morgan fingerprint density at radius 1 is 1.25 bits per heavy atom. The van der Waals surface area contributed by atoms with Gasteiger partial charge in [0.15, 0.2) is 11.5 Å². The van der Waals surface area contributed by atoms with Crippen molar-refractivity contribution in [2.24, 2.45) is 0 Å². The molecule has 9 heteroatoms. The highest BCUT2D eigenvalue weighted by Gasteiger charge is 2.34. The van der Waals surface area contributed by atoms with Crippen molar-refractivity contribution in [1.82, 2.24) is 4.90 Å². The summed E-state index contributed by atoms with van der Waals surface area (Å²) >= 11 is 0.806. The Bertz CT molecular complexity index is 665. The molecule has 0 aromatic heterocycles. The van der Waals surface area contributed by atoms with Crippen molar-refractivity contribution in [3.63, 3.8) is 0 Å². The van der Waals surface area contributed by atoms with Crippen molar-refractivity contribution in [2.45, 2.75) is 6.61 Å². The number of alkyl halides is 2. The summed E-state index contributed by atoms with van der Waals surface area (Å²) in [5.74, 6) is -0.436. The normalized spacial score (nSPS) is 16.4. The lowest BCUT2D eigenvalue weighted by Gasteiger charge is -2.11. The van der Waals surface area contributed by atoms with Crippen LogP contribution in [0.3, 0.4) is 0 Å². The molecule has 6 nitrogen and oxygen atoms in total. The quantitative estimate of drug-likeness (QED) is 0.698. The molecule has 0 radical (unpaired) electrons. The van der Waals surface area contributed by atoms with Gasteiger partial charge in [0, 0.05) is 7.11 Å². The van der Waals surface area contributed by atoms with Crippen LogP contribution in [0, 0.1) is 0 Å². The molecule has 1 aliphatic heterocycles. The van der Waals surface area contributed by atoms with Crippen LogP contribution in [0.25, 0.3) is 6.08 Å². The van der Waals surface area contributed by atoms with E-state index in [2.05, 4.69) is 4.74 Å². The summed E-state index contributed by atoms with van der Waals surface area (Å²) in [6.45, 7) is -2.55. The first-order valence-electron chi connectivity index (χ1n) is 6.83. The third kappa shape index (κ3) is 4.24. The fraction of sp³-hybridized carbons (Fsp3) is 0.333. The van der Waals surface area contributed by atoms with E-state index in [0.29, 0.717) is 5.56 Å². The number of carbonyl (C=O) groups is 2. The van der Waals surface area contributed by atoms with Gasteiger partial charge in [-0.15, -0.1) is 0 Å². The number of ether oxygens (including phenoxy) is 3. The molecule has 2 rings (SSSR count). The van der Waals surface area contributed by atoms with Gasteiger partial charge >= 0.3 is 6.61 Å². The summed E-state index contributed by atoms with van der Waals surface area (Å²) in [7, 11) is 2.79. The minimum Gasteiger partial charge on any atom is -0.493 e. The Morgan fingerprint density at radius 2 is 2.00 bits per heavy atom. The minimum atomic E-state index is -2.97. The summed E-state index contributed by atoms with van der Waals surface area (Å²) in [5.41, 5.74) is 0.519. The van der Waals surface area contributed by atoms with Crippen LogP contribution in [0.2, 0.25) is 0 Å². The molecule has 0 N–H and O–H groups in total. The van der Waals surface area contributed by atoms with Gasteiger partial charge in [0.05, 0.1) is 25.2 Å². The van der Waals surface area contributed by atoms with Crippen molar-refractivity contribution in [3.05, 3.63) is 28.7 Å². The van der Waals surface area contributed by atoms with Crippen LogP contribution in [0.5, 0.6) is 11.5 Å². The number of amides is 2. The van der Waals surface area contributed by atoms with Gasteiger partial charge in [-0.3, -0.25) is 14.5 Å². The maximum atomic E-state index is 12.3. The fourth-order valence-electron chi connectivity index (χ4n) is 1.99. The molecule has 1 aromatic carbocycles. The first-order valence-corrected chi connectivity index (χ1v) is 7.65. The minimum absolute atomic E-state index is 0.0997. The number of halogens is 2. The Hall–Kier alpha value is -2.13. The lowest BCUT2D eigenvalue weighted by molar-refractivity contribution is -0.123. The van der Waals surface area contributed by atoms with Crippen molar-refractivity contribution in [1.29, 1.82) is 0 Å². The van der Waals surface area contributed by atoms with E-state index in [-0.39, 0.29) is 34.8 Å². The monoisotopic (exact) mass is 359 g/mol. The van der Waals surface area contributed by atoms with Gasteiger partial charge in [-0.2, -0.15) is 8.78 Å². The summed E-state index contributed by atoms with van der Waals surface area (Å²) in [6.07, 6.45) is 1.49. The number of hydrogen-bond acceptors (Lipinski definition) is 6. The molecule has 0 aliphatic carbocycles. The molecule has 0 atom stereocenters. The highest BCUT2D eigenvalue weighted by Crippen LogP contribution is 2.34. The molecule has 0 bridgehead atoms. The maximum Gasteiger partial charge on any atom is 0.387 e. The number of hydrogen-bond donors (Lipinski definition) is 0. The van der Waals surface area contributed by atoms with Gasteiger partial charge in [-0.05, 0) is 35.5 Å². The third-order valence-corrected chi connectivity index (χ3v) is 4.00. The van der Waals surface area contributed by atoms with Crippen LogP contribution in [0.4, 0.5) is 13.6 Å². The van der Waals surface area contributed by atoms with Crippen molar-refractivity contribution >= 4 is 29.0 Å². The number of methoxy groups -OCH3 is 2. The zero-order valence-electron chi connectivity index (χ0n) is 13.0. The highest BCUT2D eigenvalue weighted by atomic mass is 32.2. The second-order valence-electron chi connectivity index (χ2n) is 4.61. The number of thioether (sulfide) groups is 1. The summed E-state index contributed by atoms with van der Waals surface area (Å²) in [5, 5.41) is -0.382. The predicted molar refractivity (Wildman–Crippen MR) is 84.2 cm³/mol. The van der Waals surface area contributed by atoms with Crippen molar-refractivity contribution in [3.8, 4) is 11.5 Å². The molecule has 1 heterocycles. The molecule has 130 valence electrons. The molecule has 1 saturated heterocycles. The Labute approximate surface area is 141 Å². The zero-order chi connectivity index (χ0) is 17.7. The lowest BCUT2D eigenvalue weighted by Crippen LogP contribution is -2.31. The van der Waals surface area contributed by atoms with Gasteiger partial charge in [-0.1, -0.05) is 6.07 Å². The number of benzene rings is 1. The van der Waals surface area contributed by atoms with Gasteiger partial charge < -0.3 is 14.2 Å². The molecule has 0 unspecified atom stereocenters. The van der Waals surface area contributed by atoms with Gasteiger partial charge in [-0.25, -0.2) is 0 Å². The summed E-state index contributed by atoms with van der Waals surface area (Å²) in [6, 6.07) is 4.25. The Balaban J connectivity index is 2.22. The first kappa shape index (κ1) is 18.2. The van der Waals surface area contributed by atoms with E-state index in [1.807, 2.05) is 0 Å². The predicted octanol–water partition coefficient (Wildman–Crippen LogP) is 2.98. The summed E-state index contributed by atoms with van der Waals surface area (Å²) < 4.78 is 38.8. The topological polar surface area (TPSA) is 65.1 Å². The van der Waals surface area contributed by atoms with Crippen molar-refractivity contribution in [2.75, 3.05) is 27.4 Å². The molecule has 1 aliphatic rings. The molecule has 24 heavy (non-hydrogen) atoms. The standard InChI is InChI=1S/C15H15F2NO5S/c1-21-6-5-18-13(19)12(24-15(18)20)8-9-3-4-10(23-14(16)17)11(7-9)22-2/h3-4,7-8,14H,5-6H2,1-2H3/b12-8-. The highest BCUT2D eigenvalue weighted by molar-refractivity contribution is 8.18. The lowest BCUT2D eigenvalue weighted by atomic mass is 10.2. The molecule has 2 amide bonds. The number of rotatable bonds is 7. The maximum absolute atomic E-state index is 12.3. The molecular weight excluding hydrogens is 344 g/mol. The van der Waals surface area contributed by atoms with Crippen LogP contribution < -0.4 is 9.47 Å². The van der Waals surface area contributed by atoms with E-state index >= 15 is 0 Å². The molecular formula is C15H15F2NO5S. The van der Waals surface area contributed by atoms with E-state index in [9.17, 15) is 18.4 Å². The van der Waals surface area contributed by atoms with E-state index in [1.54, 1.807) is 0 Å². The van der Waals surface area contributed by atoms with Crippen molar-refractivity contribution < 1.29 is 32.6 Å². The van der Waals surface area contributed by atoms with Crippen LogP contribution in [0.1, 0.15) is 5.56 Å². The fourth-order valence-corrected chi connectivity index (χ4v) is 2.86. The second kappa shape index (κ2) is 8.11. The molecule has 1 fully saturated rings. The Kier molecular flexibility index (Phi) is 6.16. The van der Waals surface area contributed by atoms with Gasteiger partial charge in [0.2, 0.25) is 0 Å². The molecule has 0 saturated carbocycles. The van der Waals surface area contributed by atoms with Gasteiger partial charge in [0.1, 0.15) is 0 Å². The van der Waals surface area contributed by atoms with E-state index in [0.717, 1.165) is 16.7 Å². The van der Waals surface area contributed by atoms with E-state index in [1.165, 1.54) is 38.5 Å². The van der Waals surface area contributed by atoms with E-state index in [4.69, 9.17) is 9.47 Å². The molecule has 0 spiro atoms. The largest absolute Gasteiger partial charge is 0.493 e. The number of carbonyl (C=O) groups excluding carboxylic acids is 2. The summed E-state index contributed by atoms with van der Waals surface area (Å²) in [4.78, 5) is 25.4. The number of imide groups is 1. The van der Waals surface area contributed by atoms with Crippen LogP contribution in [0.15, 0.2) is 23.1 Å². The van der Waals surface area contributed by atoms with Gasteiger partial charge in [0.25, 0.3) is 11.1 Å². The van der Waals surface area contributed by atoms with Crippen LogP contribution in [-0.2, 0) is 9.53 Å².